The Morgan fingerprint density at radius 3 is 1.82 bits per heavy atom. The number of benzene rings is 6. The molecular weight excluding hydrogens is 637 g/mol. The minimum Gasteiger partial charge on any atom is -0.310 e. The molecule has 3 heteroatoms. The lowest BCUT2D eigenvalue weighted by molar-refractivity contribution is 0.818. The zero-order valence-corrected chi connectivity index (χ0v) is 28.9. The first-order valence-electron chi connectivity index (χ1n) is 18.0. The van der Waals surface area contributed by atoms with Crippen molar-refractivity contribution in [1.82, 2.24) is 9.13 Å². The van der Waals surface area contributed by atoms with Crippen molar-refractivity contribution in [2.75, 3.05) is 0 Å². The molecule has 6 aromatic carbocycles. The second-order valence-corrected chi connectivity index (χ2v) is 15.1. The number of hydrogen-bond acceptors (Lipinski definition) is 1. The lowest BCUT2D eigenvalue weighted by Gasteiger charge is -2.22. The number of aromatic nitrogens is 2. The summed E-state index contributed by atoms with van der Waals surface area (Å²) in [6, 6.07) is 53.4. The fourth-order valence-electron chi connectivity index (χ4n) is 8.87. The first-order valence-corrected chi connectivity index (χ1v) is 18.9. The van der Waals surface area contributed by atoms with Gasteiger partial charge in [-0.25, -0.2) is 0 Å². The van der Waals surface area contributed by atoms with Gasteiger partial charge in [0.05, 0.1) is 16.7 Å². The molecule has 0 radical (unpaired) electrons. The lowest BCUT2D eigenvalue weighted by Crippen LogP contribution is -2.08. The highest BCUT2D eigenvalue weighted by atomic mass is 32.2. The molecule has 11 rings (SSSR count). The summed E-state index contributed by atoms with van der Waals surface area (Å²) in [5.74, 6) is 0.338. The van der Waals surface area contributed by atoms with Gasteiger partial charge in [0.15, 0.2) is 0 Å². The molecule has 2 aliphatic carbocycles. The number of thioether (sulfide) groups is 1. The topological polar surface area (TPSA) is 9.86 Å². The van der Waals surface area contributed by atoms with Crippen LogP contribution < -0.4 is 0 Å². The van der Waals surface area contributed by atoms with E-state index < -0.39 is 0 Å². The molecule has 2 aromatic heterocycles. The second-order valence-electron chi connectivity index (χ2n) is 13.9. The van der Waals surface area contributed by atoms with E-state index in [2.05, 4.69) is 191 Å². The maximum absolute atomic E-state index is 2.50. The average molecular weight is 671 g/mol. The minimum absolute atomic E-state index is 0.323. The fraction of sp³-hybridized carbons (Fsp3) is 0.0833. The molecule has 0 spiro atoms. The zero-order valence-electron chi connectivity index (χ0n) is 28.0. The molecule has 3 aliphatic rings. The Morgan fingerprint density at radius 1 is 0.529 bits per heavy atom. The van der Waals surface area contributed by atoms with Crippen molar-refractivity contribution >= 4 is 45.7 Å². The molecule has 0 saturated carbocycles. The summed E-state index contributed by atoms with van der Waals surface area (Å²) in [7, 11) is 0. The molecule has 8 aromatic rings. The van der Waals surface area contributed by atoms with Gasteiger partial charge in [0.25, 0.3) is 0 Å². The number of hydrogen-bond donors (Lipinski definition) is 0. The van der Waals surface area contributed by atoms with Crippen molar-refractivity contribution in [3.8, 4) is 33.6 Å². The molecule has 1 aliphatic heterocycles. The molecule has 0 saturated heterocycles. The maximum Gasteiger partial charge on any atom is 0.0549 e. The Balaban J connectivity index is 1.03. The van der Waals surface area contributed by atoms with Crippen LogP contribution in [0.1, 0.15) is 45.7 Å². The van der Waals surface area contributed by atoms with Crippen molar-refractivity contribution in [2.45, 2.75) is 28.9 Å². The summed E-state index contributed by atoms with van der Waals surface area (Å²) in [6.07, 6.45) is 11.7. The molecule has 2 unspecified atom stereocenters. The monoisotopic (exact) mass is 670 g/mol. The van der Waals surface area contributed by atoms with Crippen LogP contribution in [0.15, 0.2) is 163 Å². The summed E-state index contributed by atoms with van der Waals surface area (Å²) in [6.45, 7) is 0. The van der Waals surface area contributed by atoms with E-state index in [-0.39, 0.29) is 0 Å². The first kappa shape index (κ1) is 29.0. The van der Waals surface area contributed by atoms with Crippen LogP contribution >= 0.6 is 11.8 Å². The van der Waals surface area contributed by atoms with Crippen molar-refractivity contribution < 1.29 is 0 Å². The normalized spacial score (nSPS) is 17.0. The standard InChI is InChI=1S/C48H34N2S/c1-3-11-31(12-4-1)33-19-23-35(24-20-33)49-41-17-9-7-15-39(41)45-43(49)29-27-37-38-28-30-44-46(48(38)51-47(37)45)40-16-8-10-18-42(40)50(44)36-25-21-34(22-26-36)32-13-5-2-6-14-32/h1-7,9-15,17-30,37,47H,8,16H2. The van der Waals surface area contributed by atoms with Crippen LogP contribution in [0.2, 0.25) is 0 Å². The van der Waals surface area contributed by atoms with Gasteiger partial charge in [-0.1, -0.05) is 121 Å². The largest absolute Gasteiger partial charge is 0.310 e. The van der Waals surface area contributed by atoms with Crippen LogP contribution in [0.5, 0.6) is 0 Å². The van der Waals surface area contributed by atoms with Gasteiger partial charge in [0, 0.05) is 43.9 Å². The Hall–Kier alpha value is -5.77. The smallest absolute Gasteiger partial charge is 0.0549 e. The third-order valence-electron chi connectivity index (χ3n) is 11.2. The number of para-hydroxylation sites is 1. The Morgan fingerprint density at radius 2 is 1.14 bits per heavy atom. The van der Waals surface area contributed by atoms with Crippen LogP contribution in [0.3, 0.4) is 0 Å². The lowest BCUT2D eigenvalue weighted by atomic mass is 9.85. The maximum atomic E-state index is 2.50. The summed E-state index contributed by atoms with van der Waals surface area (Å²) >= 11 is 2.09. The molecule has 0 fully saturated rings. The van der Waals surface area contributed by atoms with Gasteiger partial charge in [-0.05, 0) is 100 Å². The Kier molecular flexibility index (Phi) is 6.47. The second kappa shape index (κ2) is 11.4. The number of nitrogens with zero attached hydrogens (tertiary/aromatic N) is 2. The van der Waals surface area contributed by atoms with Gasteiger partial charge >= 0.3 is 0 Å². The van der Waals surface area contributed by atoms with Crippen molar-refractivity contribution in [2.24, 2.45) is 0 Å². The van der Waals surface area contributed by atoms with E-state index in [4.69, 9.17) is 0 Å². The van der Waals surface area contributed by atoms with Gasteiger partial charge < -0.3 is 9.13 Å². The number of rotatable bonds is 4. The molecule has 3 heterocycles. The van der Waals surface area contributed by atoms with Crippen molar-refractivity contribution in [3.05, 3.63) is 186 Å². The highest BCUT2D eigenvalue weighted by Gasteiger charge is 2.41. The van der Waals surface area contributed by atoms with Crippen molar-refractivity contribution in [1.29, 1.82) is 0 Å². The molecule has 242 valence electrons. The number of allylic oxidation sites excluding steroid dienone is 2. The van der Waals surface area contributed by atoms with Gasteiger partial charge in [0.1, 0.15) is 0 Å². The van der Waals surface area contributed by atoms with Crippen LogP contribution in [0.25, 0.3) is 67.6 Å². The van der Waals surface area contributed by atoms with Gasteiger partial charge in [-0.2, -0.15) is 0 Å². The van der Waals surface area contributed by atoms with E-state index in [1.54, 1.807) is 0 Å². The van der Waals surface area contributed by atoms with Crippen LogP contribution in [0, 0.1) is 0 Å². The number of aryl methyl sites for hydroxylation is 1. The van der Waals surface area contributed by atoms with E-state index in [9.17, 15) is 0 Å². The molecule has 2 atom stereocenters. The van der Waals surface area contributed by atoms with E-state index in [0.717, 1.165) is 12.8 Å². The summed E-state index contributed by atoms with van der Waals surface area (Å²) in [5, 5.41) is 3.13. The third kappa shape index (κ3) is 4.38. The van der Waals surface area contributed by atoms with Gasteiger partial charge in [0.2, 0.25) is 0 Å². The Bertz CT molecular complexity index is 2690. The van der Waals surface area contributed by atoms with Gasteiger partial charge in [-0.3, -0.25) is 0 Å². The van der Waals surface area contributed by atoms with Crippen molar-refractivity contribution in [3.63, 3.8) is 0 Å². The summed E-state index contributed by atoms with van der Waals surface area (Å²) in [5.41, 5.74) is 17.1. The first-order chi connectivity index (χ1) is 25.3. The average Bonchev–Trinajstić information content (AvgIpc) is 3.86. The predicted octanol–water partition coefficient (Wildman–Crippen LogP) is 12.8. The third-order valence-corrected chi connectivity index (χ3v) is 12.6. The van der Waals surface area contributed by atoms with Gasteiger partial charge in [-0.15, -0.1) is 11.8 Å². The van der Waals surface area contributed by atoms with E-state index in [1.165, 1.54) is 88.4 Å². The molecule has 2 nitrogen and oxygen atoms in total. The highest BCUT2D eigenvalue weighted by Crippen LogP contribution is 2.62. The predicted molar refractivity (Wildman–Crippen MR) is 215 cm³/mol. The molecular formula is C48H34N2S. The van der Waals surface area contributed by atoms with Crippen LogP contribution in [-0.4, -0.2) is 9.13 Å². The summed E-state index contributed by atoms with van der Waals surface area (Å²) in [4.78, 5) is 1.47. The number of fused-ring (bicyclic) bond motifs is 11. The van der Waals surface area contributed by atoms with E-state index in [0.29, 0.717) is 11.2 Å². The van der Waals surface area contributed by atoms with E-state index in [1.807, 2.05) is 0 Å². The molecule has 51 heavy (non-hydrogen) atoms. The highest BCUT2D eigenvalue weighted by molar-refractivity contribution is 8.00. The molecule has 0 N–H and O–H groups in total. The van der Waals surface area contributed by atoms with E-state index >= 15 is 0 Å². The summed E-state index contributed by atoms with van der Waals surface area (Å²) < 4.78 is 4.98. The zero-order chi connectivity index (χ0) is 33.5. The SMILES string of the molecule is C1=Cc2c(c3c4c(ccc3n2-c2ccc(-c3ccccc3)cc2)C2C=Cc3c(c5ccccc5n3-c3ccc(-c5ccccc5)cc3)C2S4)CC1. The van der Waals surface area contributed by atoms with Crippen LogP contribution in [0.4, 0.5) is 0 Å². The molecule has 0 amide bonds. The Labute approximate surface area is 302 Å². The fourth-order valence-corrected chi connectivity index (χ4v) is 10.6. The minimum atomic E-state index is 0.323. The van der Waals surface area contributed by atoms with Crippen LogP contribution in [-0.2, 0) is 6.42 Å². The molecule has 0 bridgehead atoms. The quantitative estimate of drug-likeness (QED) is 0.181.